The molecule has 26 heavy (non-hydrogen) atoms. The zero-order valence-corrected chi connectivity index (χ0v) is 14.8. The maximum atomic E-state index is 12.8. The van der Waals surface area contributed by atoms with Crippen molar-refractivity contribution in [1.82, 2.24) is 0 Å². The molecule has 0 bridgehead atoms. The van der Waals surface area contributed by atoms with Gasteiger partial charge in [0.05, 0.1) is 10.5 Å². The third-order valence-electron chi connectivity index (χ3n) is 4.23. The smallest absolute Gasteiger partial charge is 0.325 e. The second kappa shape index (κ2) is 6.28. The van der Waals surface area contributed by atoms with Crippen LogP contribution in [0.4, 0.5) is 18.9 Å². The highest BCUT2D eigenvalue weighted by Gasteiger charge is 2.61. The third-order valence-corrected chi connectivity index (χ3v) is 6.99. The van der Waals surface area contributed by atoms with Gasteiger partial charge in [-0.05, 0) is 61.4 Å². The summed E-state index contributed by atoms with van der Waals surface area (Å²) in [6.07, 6.45) is -4.20. The van der Waals surface area contributed by atoms with Crippen LogP contribution in [0.2, 0.25) is 5.02 Å². The van der Waals surface area contributed by atoms with E-state index in [1.54, 1.807) is 0 Å². The van der Waals surface area contributed by atoms with E-state index in [2.05, 4.69) is 5.32 Å². The lowest BCUT2D eigenvalue weighted by Crippen LogP contribution is -2.37. The van der Waals surface area contributed by atoms with Crippen LogP contribution in [0.15, 0.2) is 53.4 Å². The van der Waals surface area contributed by atoms with Crippen molar-refractivity contribution in [1.29, 1.82) is 0 Å². The van der Waals surface area contributed by atoms with E-state index in [1.165, 1.54) is 24.3 Å². The van der Waals surface area contributed by atoms with Crippen molar-refractivity contribution in [2.75, 3.05) is 5.32 Å². The van der Waals surface area contributed by atoms with Crippen molar-refractivity contribution in [3.05, 3.63) is 59.1 Å². The van der Waals surface area contributed by atoms with Gasteiger partial charge in [-0.3, -0.25) is 4.79 Å². The molecule has 0 heterocycles. The number of hydrogen-bond acceptors (Lipinski definition) is 3. The van der Waals surface area contributed by atoms with Gasteiger partial charge in [0.15, 0.2) is 14.6 Å². The molecule has 2 aromatic rings. The summed E-state index contributed by atoms with van der Waals surface area (Å²) < 4.78 is 61.7. The van der Waals surface area contributed by atoms with Gasteiger partial charge in [0.25, 0.3) is 0 Å². The van der Waals surface area contributed by atoms with E-state index in [9.17, 15) is 26.4 Å². The average molecular weight is 404 g/mol. The number of amides is 1. The van der Waals surface area contributed by atoms with Gasteiger partial charge in [0.1, 0.15) is 0 Å². The summed E-state index contributed by atoms with van der Waals surface area (Å²) in [5.74, 6) is -0.757. The highest BCUT2D eigenvalue weighted by Crippen LogP contribution is 2.47. The van der Waals surface area contributed by atoms with Crippen LogP contribution >= 0.6 is 11.6 Å². The molecule has 1 amide bonds. The minimum atomic E-state index is -4.49. The molecule has 0 aromatic heterocycles. The summed E-state index contributed by atoms with van der Waals surface area (Å²) in [4.78, 5) is 12.5. The number of hydrogen-bond donors (Lipinski definition) is 1. The van der Waals surface area contributed by atoms with Crippen LogP contribution < -0.4 is 5.32 Å². The van der Waals surface area contributed by atoms with Gasteiger partial charge >= 0.3 is 6.18 Å². The lowest BCUT2D eigenvalue weighted by atomic mass is 10.2. The highest BCUT2D eigenvalue weighted by molar-refractivity contribution is 7.94. The number of carbonyl (C=O) groups is 1. The first-order valence-electron chi connectivity index (χ1n) is 7.55. The quantitative estimate of drug-likeness (QED) is 0.827. The Morgan fingerprint density at radius 2 is 1.54 bits per heavy atom. The molecule has 1 saturated carbocycles. The Morgan fingerprint density at radius 3 is 2.00 bits per heavy atom. The van der Waals surface area contributed by atoms with Gasteiger partial charge in [-0.25, -0.2) is 8.42 Å². The Balaban J connectivity index is 1.82. The molecule has 0 unspecified atom stereocenters. The van der Waals surface area contributed by atoms with Gasteiger partial charge in [-0.1, -0.05) is 11.6 Å². The molecule has 9 heteroatoms. The van der Waals surface area contributed by atoms with E-state index in [1.807, 2.05) is 0 Å². The molecule has 0 saturated heterocycles. The fourth-order valence-corrected chi connectivity index (χ4v) is 4.56. The number of rotatable bonds is 4. The van der Waals surface area contributed by atoms with Crippen LogP contribution in [0.3, 0.4) is 0 Å². The van der Waals surface area contributed by atoms with Crippen LogP contribution in [-0.4, -0.2) is 19.1 Å². The first-order valence-corrected chi connectivity index (χ1v) is 9.41. The fourth-order valence-electron chi connectivity index (χ4n) is 2.56. The maximum absolute atomic E-state index is 12.8. The second-order valence-corrected chi connectivity index (χ2v) is 8.68. The Morgan fingerprint density at radius 1 is 1.00 bits per heavy atom. The lowest BCUT2D eigenvalue weighted by Gasteiger charge is -2.17. The first kappa shape index (κ1) is 18.7. The van der Waals surface area contributed by atoms with Crippen molar-refractivity contribution in [2.24, 2.45) is 0 Å². The minimum Gasteiger partial charge on any atom is -0.325 e. The third kappa shape index (κ3) is 3.31. The van der Waals surface area contributed by atoms with Crippen LogP contribution in [0, 0.1) is 0 Å². The SMILES string of the molecule is O=C(Nc1ccc(C(F)(F)F)cc1)C1(S(=O)(=O)c2ccc(Cl)cc2)CC1. The van der Waals surface area contributed by atoms with Gasteiger partial charge in [-0.2, -0.15) is 13.2 Å². The summed E-state index contributed by atoms with van der Waals surface area (Å²) in [5.41, 5.74) is -0.758. The molecular weight excluding hydrogens is 391 g/mol. The van der Waals surface area contributed by atoms with Crippen LogP contribution in [0.25, 0.3) is 0 Å². The molecule has 0 aliphatic heterocycles. The van der Waals surface area contributed by atoms with Gasteiger partial charge in [0, 0.05) is 10.7 Å². The van der Waals surface area contributed by atoms with E-state index in [0.29, 0.717) is 5.02 Å². The normalized spacial score (nSPS) is 16.2. The molecule has 0 atom stereocenters. The second-order valence-electron chi connectivity index (χ2n) is 5.98. The van der Waals surface area contributed by atoms with Crippen molar-refractivity contribution < 1.29 is 26.4 Å². The summed E-state index contributed by atoms with van der Waals surface area (Å²) in [6, 6.07) is 9.30. The van der Waals surface area contributed by atoms with Gasteiger partial charge in [0.2, 0.25) is 5.91 Å². The number of nitrogens with one attached hydrogen (secondary N) is 1. The molecule has 1 fully saturated rings. The van der Waals surface area contributed by atoms with Crippen molar-refractivity contribution >= 4 is 33.0 Å². The van der Waals surface area contributed by atoms with E-state index in [-0.39, 0.29) is 23.4 Å². The summed E-state index contributed by atoms with van der Waals surface area (Å²) in [5, 5.41) is 2.76. The molecular formula is C17H13ClF3NO3S. The number of halogens is 4. The number of benzene rings is 2. The predicted octanol–water partition coefficient (Wildman–Crippen LogP) is 4.30. The summed E-state index contributed by atoms with van der Waals surface area (Å²) in [7, 11) is -3.95. The Hall–Kier alpha value is -2.06. The topological polar surface area (TPSA) is 63.2 Å². The monoisotopic (exact) mass is 403 g/mol. The molecule has 3 rings (SSSR count). The fraction of sp³-hybridized carbons (Fsp3) is 0.235. The number of alkyl halides is 3. The average Bonchev–Trinajstić information content (AvgIpc) is 3.37. The molecule has 1 aliphatic carbocycles. The van der Waals surface area contributed by atoms with Crippen LogP contribution in [0.1, 0.15) is 18.4 Å². The molecule has 0 spiro atoms. The Bertz CT molecular complexity index is 935. The Kier molecular flexibility index (Phi) is 4.52. The van der Waals surface area contributed by atoms with E-state index < -0.39 is 32.2 Å². The van der Waals surface area contributed by atoms with Crippen molar-refractivity contribution in [3.63, 3.8) is 0 Å². The summed E-state index contributed by atoms with van der Waals surface area (Å²) >= 11 is 5.75. The van der Waals surface area contributed by atoms with Gasteiger partial charge in [-0.15, -0.1) is 0 Å². The summed E-state index contributed by atoms with van der Waals surface area (Å²) in [6.45, 7) is 0. The van der Waals surface area contributed by atoms with Crippen molar-refractivity contribution in [2.45, 2.75) is 28.7 Å². The Labute approximate surface area is 152 Å². The van der Waals surface area contributed by atoms with Crippen LogP contribution in [0.5, 0.6) is 0 Å². The molecule has 1 N–H and O–H groups in total. The van der Waals surface area contributed by atoms with E-state index >= 15 is 0 Å². The molecule has 1 aliphatic rings. The molecule has 138 valence electrons. The standard InChI is InChI=1S/C17H13ClF3NO3S/c18-12-3-7-14(8-4-12)26(24,25)16(9-10-16)15(23)22-13-5-1-11(2-6-13)17(19,20)21/h1-8H,9-10H2,(H,22,23). The highest BCUT2D eigenvalue weighted by atomic mass is 35.5. The predicted molar refractivity (Wildman–Crippen MR) is 90.7 cm³/mol. The first-order chi connectivity index (χ1) is 12.1. The molecule has 4 nitrogen and oxygen atoms in total. The molecule has 0 radical (unpaired) electrons. The van der Waals surface area contributed by atoms with Crippen molar-refractivity contribution in [3.8, 4) is 0 Å². The maximum Gasteiger partial charge on any atom is 0.416 e. The lowest BCUT2D eigenvalue weighted by molar-refractivity contribution is -0.137. The van der Waals surface area contributed by atoms with E-state index in [4.69, 9.17) is 11.6 Å². The minimum absolute atomic E-state index is 0.0260. The van der Waals surface area contributed by atoms with E-state index in [0.717, 1.165) is 24.3 Å². The number of carbonyl (C=O) groups excluding carboxylic acids is 1. The zero-order valence-electron chi connectivity index (χ0n) is 13.2. The zero-order chi connectivity index (χ0) is 19.2. The van der Waals surface area contributed by atoms with Crippen LogP contribution in [-0.2, 0) is 20.8 Å². The van der Waals surface area contributed by atoms with Gasteiger partial charge < -0.3 is 5.32 Å². The largest absolute Gasteiger partial charge is 0.416 e. The number of sulfone groups is 1. The molecule has 2 aromatic carbocycles. The number of anilines is 1.